The molecule has 1 aromatic heterocycles. The lowest BCUT2D eigenvalue weighted by molar-refractivity contribution is 0.0956. The first kappa shape index (κ1) is 20.1. The molecule has 0 radical (unpaired) electrons. The molecule has 5 heteroatoms. The van der Waals surface area contributed by atoms with Crippen LogP contribution in [-0.2, 0) is 6.54 Å². The van der Waals surface area contributed by atoms with Gasteiger partial charge in [-0.3, -0.25) is 4.79 Å². The van der Waals surface area contributed by atoms with Crippen LogP contribution in [0.25, 0.3) is 10.4 Å². The van der Waals surface area contributed by atoms with Gasteiger partial charge in [0.05, 0.1) is 12.0 Å². The van der Waals surface area contributed by atoms with E-state index in [0.29, 0.717) is 6.54 Å². The first-order chi connectivity index (χ1) is 13.7. The number of thiophene rings is 1. The zero-order valence-electron chi connectivity index (χ0n) is 16.4. The Labute approximate surface area is 170 Å². The lowest BCUT2D eigenvalue weighted by Gasteiger charge is -2.17. The van der Waals surface area contributed by atoms with E-state index in [-0.39, 0.29) is 5.91 Å². The minimum atomic E-state index is 0.00462. The molecule has 0 spiro atoms. The van der Waals surface area contributed by atoms with Gasteiger partial charge in [0.25, 0.3) is 5.91 Å². The standard InChI is InChI=1S/C23H26N2O2S/c1-25(17-18-9-11-20(27-2)12-10-18)16-6-15-24-23(26)22-14-13-21(28-22)19-7-4-3-5-8-19/h3-5,7-14H,6,15-17H2,1-2H3,(H,24,26). The summed E-state index contributed by atoms with van der Waals surface area (Å²) in [5.74, 6) is 0.878. The van der Waals surface area contributed by atoms with E-state index in [4.69, 9.17) is 4.74 Å². The van der Waals surface area contributed by atoms with E-state index < -0.39 is 0 Å². The van der Waals surface area contributed by atoms with Gasteiger partial charge in [0.15, 0.2) is 0 Å². The number of rotatable bonds is 9. The van der Waals surface area contributed by atoms with Crippen LogP contribution in [0.15, 0.2) is 66.7 Å². The van der Waals surface area contributed by atoms with Crippen molar-refractivity contribution in [2.75, 3.05) is 27.2 Å². The van der Waals surface area contributed by atoms with Crippen LogP contribution in [0.5, 0.6) is 5.75 Å². The highest BCUT2D eigenvalue weighted by Crippen LogP contribution is 2.27. The molecule has 2 aromatic carbocycles. The molecule has 0 bridgehead atoms. The van der Waals surface area contributed by atoms with E-state index in [1.807, 2.05) is 42.5 Å². The Kier molecular flexibility index (Phi) is 7.23. The molecule has 28 heavy (non-hydrogen) atoms. The van der Waals surface area contributed by atoms with Crippen LogP contribution >= 0.6 is 11.3 Å². The van der Waals surface area contributed by atoms with Gasteiger partial charge >= 0.3 is 0 Å². The lowest BCUT2D eigenvalue weighted by Crippen LogP contribution is -2.27. The molecule has 0 aliphatic carbocycles. The largest absolute Gasteiger partial charge is 0.497 e. The number of amides is 1. The van der Waals surface area contributed by atoms with Gasteiger partial charge in [0.2, 0.25) is 0 Å². The van der Waals surface area contributed by atoms with Gasteiger partial charge in [-0.15, -0.1) is 11.3 Å². The Hall–Kier alpha value is -2.63. The molecule has 0 unspecified atom stereocenters. The SMILES string of the molecule is COc1ccc(CN(C)CCCNC(=O)c2ccc(-c3ccccc3)s2)cc1. The fourth-order valence-corrected chi connectivity index (χ4v) is 3.91. The molecule has 0 aliphatic rings. The van der Waals surface area contributed by atoms with Gasteiger partial charge in [-0.25, -0.2) is 0 Å². The quantitative estimate of drug-likeness (QED) is 0.536. The Balaban J connectivity index is 1.40. The first-order valence-electron chi connectivity index (χ1n) is 9.40. The molecule has 146 valence electrons. The minimum Gasteiger partial charge on any atom is -0.497 e. The Bertz CT molecular complexity index is 875. The van der Waals surface area contributed by atoms with Crippen molar-refractivity contribution in [3.63, 3.8) is 0 Å². The lowest BCUT2D eigenvalue weighted by atomic mass is 10.2. The highest BCUT2D eigenvalue weighted by molar-refractivity contribution is 7.17. The van der Waals surface area contributed by atoms with Crippen molar-refractivity contribution >= 4 is 17.2 Å². The molecule has 3 aromatic rings. The fourth-order valence-electron chi connectivity index (χ4n) is 2.98. The molecule has 1 heterocycles. The number of hydrogen-bond donors (Lipinski definition) is 1. The van der Waals surface area contributed by atoms with Crippen molar-refractivity contribution in [2.45, 2.75) is 13.0 Å². The van der Waals surface area contributed by atoms with Crippen molar-refractivity contribution in [3.8, 4) is 16.2 Å². The fraction of sp³-hybridized carbons (Fsp3) is 0.261. The summed E-state index contributed by atoms with van der Waals surface area (Å²) in [7, 11) is 3.77. The average Bonchev–Trinajstić information content (AvgIpc) is 3.23. The van der Waals surface area contributed by atoms with E-state index in [2.05, 4.69) is 41.5 Å². The van der Waals surface area contributed by atoms with Crippen LogP contribution in [0.2, 0.25) is 0 Å². The molecule has 0 saturated carbocycles. The smallest absolute Gasteiger partial charge is 0.261 e. The summed E-state index contributed by atoms with van der Waals surface area (Å²) in [5, 5.41) is 3.03. The summed E-state index contributed by atoms with van der Waals surface area (Å²) in [6.45, 7) is 2.47. The zero-order chi connectivity index (χ0) is 19.8. The maximum Gasteiger partial charge on any atom is 0.261 e. The highest BCUT2D eigenvalue weighted by Gasteiger charge is 2.10. The van der Waals surface area contributed by atoms with Gasteiger partial charge in [-0.05, 0) is 55.4 Å². The van der Waals surface area contributed by atoms with Gasteiger partial charge in [0.1, 0.15) is 5.75 Å². The van der Waals surface area contributed by atoms with Gasteiger partial charge in [-0.1, -0.05) is 42.5 Å². The van der Waals surface area contributed by atoms with Crippen molar-refractivity contribution in [1.82, 2.24) is 10.2 Å². The molecule has 1 N–H and O–H groups in total. The average molecular weight is 395 g/mol. The zero-order valence-corrected chi connectivity index (χ0v) is 17.2. The molecule has 1 amide bonds. The first-order valence-corrected chi connectivity index (χ1v) is 10.2. The molecular formula is C23H26N2O2S. The second kappa shape index (κ2) is 10.1. The normalized spacial score (nSPS) is 10.8. The Morgan fingerprint density at radius 1 is 1.04 bits per heavy atom. The number of methoxy groups -OCH3 is 1. The van der Waals surface area contributed by atoms with Crippen LogP contribution in [-0.4, -0.2) is 38.1 Å². The predicted molar refractivity (Wildman–Crippen MR) is 116 cm³/mol. The second-order valence-corrected chi connectivity index (χ2v) is 7.81. The summed E-state index contributed by atoms with van der Waals surface area (Å²) < 4.78 is 5.19. The summed E-state index contributed by atoms with van der Waals surface area (Å²) in [6.07, 6.45) is 0.912. The molecule has 0 aliphatic heterocycles. The summed E-state index contributed by atoms with van der Waals surface area (Å²) in [6, 6.07) is 22.2. The van der Waals surface area contributed by atoms with E-state index in [0.717, 1.165) is 40.6 Å². The number of nitrogens with one attached hydrogen (secondary N) is 1. The number of hydrogen-bond acceptors (Lipinski definition) is 4. The number of carbonyl (C=O) groups is 1. The maximum absolute atomic E-state index is 12.4. The van der Waals surface area contributed by atoms with E-state index in [9.17, 15) is 4.79 Å². The van der Waals surface area contributed by atoms with Crippen molar-refractivity contribution in [3.05, 3.63) is 77.2 Å². The maximum atomic E-state index is 12.4. The monoisotopic (exact) mass is 394 g/mol. The molecule has 0 fully saturated rings. The summed E-state index contributed by atoms with van der Waals surface area (Å²) in [4.78, 5) is 16.5. The van der Waals surface area contributed by atoms with Crippen LogP contribution in [0.3, 0.4) is 0 Å². The topological polar surface area (TPSA) is 41.6 Å². The summed E-state index contributed by atoms with van der Waals surface area (Å²) >= 11 is 1.53. The van der Waals surface area contributed by atoms with Crippen molar-refractivity contribution in [1.29, 1.82) is 0 Å². The number of carbonyl (C=O) groups excluding carboxylic acids is 1. The molecule has 3 rings (SSSR count). The van der Waals surface area contributed by atoms with Gasteiger partial charge < -0.3 is 15.0 Å². The van der Waals surface area contributed by atoms with Gasteiger partial charge in [0, 0.05) is 18.0 Å². The van der Waals surface area contributed by atoms with Crippen LogP contribution in [0.1, 0.15) is 21.7 Å². The van der Waals surface area contributed by atoms with E-state index in [1.165, 1.54) is 16.9 Å². The van der Waals surface area contributed by atoms with E-state index in [1.54, 1.807) is 7.11 Å². The highest BCUT2D eigenvalue weighted by atomic mass is 32.1. The Morgan fingerprint density at radius 2 is 1.79 bits per heavy atom. The van der Waals surface area contributed by atoms with Crippen LogP contribution in [0, 0.1) is 0 Å². The number of ether oxygens (including phenoxy) is 1. The Morgan fingerprint density at radius 3 is 2.50 bits per heavy atom. The third-order valence-corrected chi connectivity index (χ3v) is 5.63. The molecular weight excluding hydrogens is 368 g/mol. The van der Waals surface area contributed by atoms with Crippen molar-refractivity contribution in [2.24, 2.45) is 0 Å². The molecule has 0 saturated heterocycles. The van der Waals surface area contributed by atoms with Crippen molar-refractivity contribution < 1.29 is 9.53 Å². The van der Waals surface area contributed by atoms with Crippen LogP contribution in [0.4, 0.5) is 0 Å². The third kappa shape index (κ3) is 5.68. The number of nitrogens with zero attached hydrogens (tertiary/aromatic N) is 1. The van der Waals surface area contributed by atoms with Crippen LogP contribution < -0.4 is 10.1 Å². The minimum absolute atomic E-state index is 0.00462. The summed E-state index contributed by atoms with van der Waals surface area (Å²) in [5.41, 5.74) is 2.39. The number of benzene rings is 2. The predicted octanol–water partition coefficient (Wildman–Crippen LogP) is 4.68. The second-order valence-electron chi connectivity index (χ2n) is 6.73. The van der Waals surface area contributed by atoms with E-state index >= 15 is 0 Å². The molecule has 4 nitrogen and oxygen atoms in total. The molecule has 0 atom stereocenters. The third-order valence-electron chi connectivity index (χ3n) is 4.50. The van der Waals surface area contributed by atoms with Gasteiger partial charge in [-0.2, -0.15) is 0 Å².